The third-order valence-electron chi connectivity index (χ3n) is 11.4. The van der Waals surface area contributed by atoms with Gasteiger partial charge in [0, 0.05) is 16.2 Å². The normalized spacial score (nSPS) is 10.1. The summed E-state index contributed by atoms with van der Waals surface area (Å²) in [5.41, 5.74) is 16.1. The van der Waals surface area contributed by atoms with Gasteiger partial charge in [-0.2, -0.15) is 25.3 Å². The summed E-state index contributed by atoms with van der Waals surface area (Å²) in [6.45, 7) is 5.54. The monoisotopic (exact) mass is 1080 g/mol. The van der Waals surface area contributed by atoms with E-state index in [1.807, 2.05) is 141 Å². The Morgan fingerprint density at radius 1 is 0.625 bits per heavy atom. The van der Waals surface area contributed by atoms with Gasteiger partial charge < -0.3 is 30.4 Å². The Hall–Kier alpha value is -9.28. The van der Waals surface area contributed by atoms with E-state index in [2.05, 4.69) is 77.3 Å². The summed E-state index contributed by atoms with van der Waals surface area (Å²) in [5, 5.41) is 34.8. The fraction of sp³-hybridized carbons (Fsp3) is 0.153. The number of nitrogens with zero attached hydrogens (tertiary/aromatic N) is 11. The van der Waals surface area contributed by atoms with Gasteiger partial charge in [0.15, 0.2) is 34.4 Å². The maximum Gasteiger partial charge on any atom is 1.00 e. The van der Waals surface area contributed by atoms with Crippen molar-refractivity contribution in [1.82, 2.24) is 39.3 Å². The van der Waals surface area contributed by atoms with Crippen LogP contribution in [0.2, 0.25) is 0 Å². The van der Waals surface area contributed by atoms with Crippen LogP contribution in [0.15, 0.2) is 185 Å². The minimum atomic E-state index is -1.01. The third kappa shape index (κ3) is 15.5. The molecule has 0 saturated heterocycles. The summed E-state index contributed by atoms with van der Waals surface area (Å²) in [4.78, 5) is 43.3. The molecular formula is C59H57AlLiN11O8. The van der Waals surface area contributed by atoms with E-state index in [0.717, 1.165) is 38.3 Å². The minimum absolute atomic E-state index is 0. The SMILES string of the molecule is C.CCOC(=O)C(=O)C=[N+]=[N-].CCOC(=O)c1cnc(-c2nn(Cc3ccccc3)c3ccccc23)o1.N#Cc1nn(Cc2ccccc2)c2ccccc12.OCc1cnc(-c2nn(Cc3ccccc3)c3ccccc23)o1.[AlH3].[H-].[Li+]. The number of fused-ring (bicyclic) bond motifs is 3. The Labute approximate surface area is 484 Å². The molecule has 0 saturated carbocycles. The van der Waals surface area contributed by atoms with Crippen molar-refractivity contribution in [3.05, 3.63) is 216 Å². The molecule has 0 aliphatic heterocycles. The Balaban J connectivity index is 0.000000239. The number of ketones is 1. The van der Waals surface area contributed by atoms with Crippen LogP contribution in [0, 0.1) is 11.3 Å². The van der Waals surface area contributed by atoms with E-state index in [-0.39, 0.29) is 70.7 Å². The summed E-state index contributed by atoms with van der Waals surface area (Å²) in [7, 11) is 0. The Morgan fingerprint density at radius 3 is 1.48 bits per heavy atom. The molecule has 0 atom stereocenters. The molecule has 80 heavy (non-hydrogen) atoms. The van der Waals surface area contributed by atoms with Gasteiger partial charge in [0.1, 0.15) is 18.4 Å². The molecule has 0 bridgehead atoms. The van der Waals surface area contributed by atoms with Gasteiger partial charge in [-0.3, -0.25) is 18.8 Å². The van der Waals surface area contributed by atoms with Crippen molar-refractivity contribution in [2.45, 2.75) is 47.5 Å². The summed E-state index contributed by atoms with van der Waals surface area (Å²) in [5.74, 6) is -1.28. The molecule has 6 aromatic carbocycles. The van der Waals surface area contributed by atoms with E-state index in [0.29, 0.717) is 60.5 Å². The molecule has 11 aromatic rings. The second-order valence-corrected chi connectivity index (χ2v) is 16.5. The Morgan fingerprint density at radius 2 is 1.04 bits per heavy atom. The van der Waals surface area contributed by atoms with Crippen molar-refractivity contribution in [2.24, 2.45) is 0 Å². The number of hydrogen-bond donors (Lipinski definition) is 1. The number of ether oxygens (including phenoxy) is 2. The predicted octanol–water partition coefficient (Wildman–Crippen LogP) is 6.09. The van der Waals surface area contributed by atoms with Crippen LogP contribution in [0.1, 0.15) is 61.4 Å². The van der Waals surface area contributed by atoms with Gasteiger partial charge in [-0.1, -0.05) is 147 Å². The number of esters is 2. The fourth-order valence-corrected chi connectivity index (χ4v) is 7.89. The number of nitriles is 1. The van der Waals surface area contributed by atoms with E-state index < -0.39 is 17.7 Å². The molecule has 0 unspecified atom stereocenters. The van der Waals surface area contributed by atoms with Crippen molar-refractivity contribution >= 4 is 74.0 Å². The van der Waals surface area contributed by atoms with Gasteiger partial charge >= 0.3 is 42.8 Å². The zero-order chi connectivity index (χ0) is 53.9. The smallest absolute Gasteiger partial charge is 1.00 e. The first-order valence-corrected chi connectivity index (χ1v) is 24.2. The van der Waals surface area contributed by atoms with Crippen molar-refractivity contribution < 1.29 is 62.9 Å². The molecule has 0 radical (unpaired) electrons. The molecule has 21 heteroatoms. The van der Waals surface area contributed by atoms with E-state index in [1.54, 1.807) is 13.8 Å². The van der Waals surface area contributed by atoms with Gasteiger partial charge in [0.2, 0.25) is 17.5 Å². The van der Waals surface area contributed by atoms with Crippen molar-refractivity contribution in [3.8, 4) is 29.2 Å². The molecule has 5 aromatic heterocycles. The summed E-state index contributed by atoms with van der Waals surface area (Å²) >= 11 is 0. The second-order valence-electron chi connectivity index (χ2n) is 16.5. The van der Waals surface area contributed by atoms with Gasteiger partial charge in [-0.25, -0.2) is 19.6 Å². The number of aliphatic hydroxyl groups excluding tert-OH is 1. The number of benzene rings is 6. The number of hydrogen-bond acceptors (Lipinski definition) is 14. The fourth-order valence-electron chi connectivity index (χ4n) is 7.89. The maximum atomic E-state index is 11.8. The molecule has 400 valence electrons. The standard InChI is InChI=1S/C20H17N3O3.C18H15N3O2.C15H11N3.C5H6N2O3.CH4.Al.Li.4H/c1-2-25-20(24)17-12-21-19(26-17)18-15-10-6-7-11-16(15)23(22-18)13-14-8-4-3-5-9-14;22-12-14-10-19-18(23-14)17-15-8-4-5-9-16(15)21(20-17)11-13-6-2-1-3-7-13;16-10-14-13-8-4-5-9-15(13)18(17-14)11-12-6-2-1-3-7-12;1-2-10-5(9)4(8)3-7-6;;;;;;;/h3-12H,2,13H2,1H3;1-10,22H,11-12H2;1-9H,11H2;3H,2H2,1H3;1H4;;;;;;/q;;;;;;+1;;;;-1. The van der Waals surface area contributed by atoms with E-state index >= 15 is 0 Å². The van der Waals surface area contributed by atoms with Crippen LogP contribution in [-0.4, -0.2) is 104 Å². The third-order valence-corrected chi connectivity index (χ3v) is 11.4. The average molecular weight is 1080 g/mol. The first kappa shape index (κ1) is 61.6. The zero-order valence-electron chi connectivity index (χ0n) is 43.8. The van der Waals surface area contributed by atoms with E-state index in [9.17, 15) is 14.4 Å². The van der Waals surface area contributed by atoms with Crippen LogP contribution in [-0.2, 0) is 45.3 Å². The quantitative estimate of drug-likeness (QED) is 0.0323. The molecule has 11 rings (SSSR count). The average Bonchev–Trinajstić information content (AvgIpc) is 4.34. The number of oxazole rings is 2. The van der Waals surface area contributed by atoms with Gasteiger partial charge in [0.05, 0.1) is 61.8 Å². The molecule has 0 aliphatic rings. The van der Waals surface area contributed by atoms with Crippen LogP contribution >= 0.6 is 0 Å². The molecule has 19 nitrogen and oxygen atoms in total. The molecular weight excluding hydrogens is 1020 g/mol. The van der Waals surface area contributed by atoms with Crippen LogP contribution in [0.3, 0.4) is 0 Å². The largest absolute Gasteiger partial charge is 1.00 e. The number of carbonyl (C=O) groups is 3. The molecule has 0 amide bonds. The summed E-state index contributed by atoms with van der Waals surface area (Å²) in [6.07, 6.45) is 3.39. The molecule has 1 N–H and O–H groups in total. The van der Waals surface area contributed by atoms with Gasteiger partial charge in [-0.15, -0.1) is 0 Å². The number of rotatable bonds is 14. The second kappa shape index (κ2) is 30.6. The van der Waals surface area contributed by atoms with E-state index in [4.69, 9.17) is 29.5 Å². The number of para-hydroxylation sites is 3. The first-order valence-electron chi connectivity index (χ1n) is 24.2. The Kier molecular flexibility index (Phi) is 23.6. The number of aromatic nitrogens is 8. The number of aliphatic hydroxyl groups is 1. The predicted molar refractivity (Wildman–Crippen MR) is 303 cm³/mol. The first-order chi connectivity index (χ1) is 37.7. The molecule has 0 aliphatic carbocycles. The Bertz CT molecular complexity index is 3870. The van der Waals surface area contributed by atoms with Gasteiger partial charge in [-0.05, 0) is 54.8 Å². The zero-order valence-corrected chi connectivity index (χ0v) is 42.8. The molecule has 0 spiro atoms. The molecule has 5 heterocycles. The number of Topliss-reactive ketones (excluding diaryl/α,β-unsaturated/α-hetero) is 1. The van der Waals surface area contributed by atoms with Crippen LogP contribution < -0.4 is 18.9 Å². The van der Waals surface area contributed by atoms with Crippen molar-refractivity contribution in [3.63, 3.8) is 0 Å². The van der Waals surface area contributed by atoms with Crippen LogP contribution in [0.4, 0.5) is 0 Å². The van der Waals surface area contributed by atoms with Crippen molar-refractivity contribution in [1.29, 1.82) is 5.26 Å². The van der Waals surface area contributed by atoms with Gasteiger partial charge in [0.25, 0.3) is 0 Å². The minimum Gasteiger partial charge on any atom is -1.00 e. The number of carbonyl (C=O) groups excluding carboxylic acids is 3. The summed E-state index contributed by atoms with van der Waals surface area (Å²) in [6, 6.07) is 56.2. The van der Waals surface area contributed by atoms with Crippen LogP contribution in [0.5, 0.6) is 0 Å². The van der Waals surface area contributed by atoms with Crippen molar-refractivity contribution in [2.75, 3.05) is 13.2 Å². The van der Waals surface area contributed by atoms with Crippen LogP contribution in [0.25, 0.3) is 61.4 Å². The summed E-state index contributed by atoms with van der Waals surface area (Å²) < 4.78 is 26.1. The maximum absolute atomic E-state index is 11.8. The van der Waals surface area contributed by atoms with E-state index in [1.165, 1.54) is 23.5 Å². The topological polar surface area (TPSA) is 256 Å². The molecule has 0 fully saturated rings.